The van der Waals surface area contributed by atoms with Crippen LogP contribution in [0.1, 0.15) is 16.7 Å². The molecule has 1 aromatic rings. The molecule has 0 fully saturated rings. The Bertz CT molecular complexity index is 273. The van der Waals surface area contributed by atoms with Crippen LogP contribution in [0.15, 0.2) is 18.2 Å². The summed E-state index contributed by atoms with van der Waals surface area (Å²) in [5, 5.41) is 0. The van der Waals surface area contributed by atoms with Crippen molar-refractivity contribution in [2.75, 3.05) is 17.6 Å². The molecule has 0 amide bonds. The Morgan fingerprint density at radius 2 is 1.20 bits per heavy atom. The molecular weight excluding hydrogens is 250 g/mol. The summed E-state index contributed by atoms with van der Waals surface area (Å²) < 4.78 is 0. The van der Waals surface area contributed by atoms with Gasteiger partial charge in [0, 0.05) is 17.6 Å². The lowest BCUT2D eigenvalue weighted by molar-refractivity contribution is 0.990. The first kappa shape index (κ1) is 13.2. The molecule has 0 aliphatic carbocycles. The highest BCUT2D eigenvalue weighted by Crippen LogP contribution is 2.18. The number of rotatable bonds is 6. The standard InChI is InChI=1S/C12H15Cl3/c13-7-4-10-2-1-3-11(5-8-14)12(10)6-9-15/h1-3H,4-9H2. The van der Waals surface area contributed by atoms with Crippen LogP contribution < -0.4 is 0 Å². The maximum atomic E-state index is 5.81. The maximum absolute atomic E-state index is 5.81. The van der Waals surface area contributed by atoms with Crippen LogP contribution in [0.2, 0.25) is 0 Å². The summed E-state index contributed by atoms with van der Waals surface area (Å²) in [7, 11) is 0. The van der Waals surface area contributed by atoms with Gasteiger partial charge in [-0.25, -0.2) is 0 Å². The Labute approximate surface area is 107 Å². The van der Waals surface area contributed by atoms with Gasteiger partial charge >= 0.3 is 0 Å². The van der Waals surface area contributed by atoms with E-state index < -0.39 is 0 Å². The molecule has 1 rings (SSSR count). The van der Waals surface area contributed by atoms with Crippen LogP contribution in [0.5, 0.6) is 0 Å². The van der Waals surface area contributed by atoms with Crippen molar-refractivity contribution >= 4 is 34.8 Å². The third-order valence-corrected chi connectivity index (χ3v) is 3.01. The van der Waals surface area contributed by atoms with E-state index in [2.05, 4.69) is 18.2 Å². The van der Waals surface area contributed by atoms with Crippen LogP contribution in [0.4, 0.5) is 0 Å². The lowest BCUT2D eigenvalue weighted by Gasteiger charge is -2.12. The van der Waals surface area contributed by atoms with Crippen LogP contribution in [0.25, 0.3) is 0 Å². The highest BCUT2D eigenvalue weighted by molar-refractivity contribution is 6.18. The summed E-state index contributed by atoms with van der Waals surface area (Å²) in [6.45, 7) is 0. The summed E-state index contributed by atoms with van der Waals surface area (Å²) in [6, 6.07) is 6.32. The topological polar surface area (TPSA) is 0 Å². The van der Waals surface area contributed by atoms with Crippen molar-refractivity contribution in [1.82, 2.24) is 0 Å². The number of halogens is 3. The van der Waals surface area contributed by atoms with Crippen LogP contribution in [0, 0.1) is 0 Å². The van der Waals surface area contributed by atoms with Crippen LogP contribution in [-0.4, -0.2) is 17.6 Å². The van der Waals surface area contributed by atoms with E-state index in [1.807, 2.05) is 0 Å². The summed E-state index contributed by atoms with van der Waals surface area (Å²) in [5.41, 5.74) is 3.97. The van der Waals surface area contributed by atoms with Crippen molar-refractivity contribution in [3.05, 3.63) is 34.9 Å². The number of hydrogen-bond donors (Lipinski definition) is 0. The van der Waals surface area contributed by atoms with Gasteiger partial charge < -0.3 is 0 Å². The Hall–Kier alpha value is 0.0900. The highest BCUT2D eigenvalue weighted by Gasteiger charge is 2.07. The number of aryl methyl sites for hydroxylation is 2. The molecule has 3 heteroatoms. The van der Waals surface area contributed by atoms with E-state index in [1.165, 1.54) is 16.7 Å². The minimum absolute atomic E-state index is 0.647. The van der Waals surface area contributed by atoms with E-state index in [-0.39, 0.29) is 0 Å². The fraction of sp³-hybridized carbons (Fsp3) is 0.500. The quantitative estimate of drug-likeness (QED) is 0.681. The predicted octanol–water partition coefficient (Wildman–Crippen LogP) is 4.03. The van der Waals surface area contributed by atoms with E-state index in [9.17, 15) is 0 Å². The van der Waals surface area contributed by atoms with Crippen molar-refractivity contribution < 1.29 is 0 Å². The molecule has 0 spiro atoms. The van der Waals surface area contributed by atoms with E-state index in [0.717, 1.165) is 19.3 Å². The van der Waals surface area contributed by atoms with Gasteiger partial charge in [-0.2, -0.15) is 0 Å². The first-order valence-corrected chi connectivity index (χ1v) is 6.71. The van der Waals surface area contributed by atoms with Crippen molar-refractivity contribution in [1.29, 1.82) is 0 Å². The van der Waals surface area contributed by atoms with Crippen LogP contribution >= 0.6 is 34.8 Å². The van der Waals surface area contributed by atoms with E-state index in [1.54, 1.807) is 0 Å². The second-order valence-corrected chi connectivity index (χ2v) is 4.51. The second-order valence-electron chi connectivity index (χ2n) is 3.37. The van der Waals surface area contributed by atoms with Gasteiger partial charge in [-0.15, -0.1) is 34.8 Å². The molecule has 0 unspecified atom stereocenters. The summed E-state index contributed by atoms with van der Waals surface area (Å²) in [4.78, 5) is 0. The van der Waals surface area contributed by atoms with Crippen molar-refractivity contribution in [3.8, 4) is 0 Å². The molecule has 0 atom stereocenters. The number of benzene rings is 1. The minimum Gasteiger partial charge on any atom is -0.126 e. The van der Waals surface area contributed by atoms with Crippen LogP contribution in [-0.2, 0) is 19.3 Å². The van der Waals surface area contributed by atoms with Gasteiger partial charge in [0.1, 0.15) is 0 Å². The summed E-state index contributed by atoms with van der Waals surface area (Å²) in [5.74, 6) is 1.95. The summed E-state index contributed by atoms with van der Waals surface area (Å²) >= 11 is 17.4. The first-order valence-electron chi connectivity index (χ1n) is 5.11. The average molecular weight is 266 g/mol. The molecule has 84 valence electrons. The molecule has 0 saturated carbocycles. The fourth-order valence-electron chi connectivity index (χ4n) is 1.78. The fourth-order valence-corrected chi connectivity index (χ4v) is 2.37. The molecule has 0 saturated heterocycles. The summed E-state index contributed by atoms with van der Waals surface area (Å²) in [6.07, 6.45) is 2.72. The second kappa shape index (κ2) is 7.38. The average Bonchev–Trinajstić information content (AvgIpc) is 2.23. The van der Waals surface area contributed by atoms with Gasteiger partial charge in [0.05, 0.1) is 0 Å². The molecule has 0 nitrogen and oxygen atoms in total. The van der Waals surface area contributed by atoms with E-state index >= 15 is 0 Å². The van der Waals surface area contributed by atoms with Crippen molar-refractivity contribution in [3.63, 3.8) is 0 Å². The number of alkyl halides is 3. The third-order valence-electron chi connectivity index (χ3n) is 2.44. The Balaban J connectivity index is 2.97. The first-order chi connectivity index (χ1) is 7.33. The zero-order valence-corrected chi connectivity index (χ0v) is 10.9. The molecule has 0 radical (unpaired) electrons. The van der Waals surface area contributed by atoms with Gasteiger partial charge in [-0.1, -0.05) is 18.2 Å². The van der Waals surface area contributed by atoms with Gasteiger partial charge in [-0.05, 0) is 36.0 Å². The number of hydrogen-bond acceptors (Lipinski definition) is 0. The molecule has 0 aliphatic rings. The van der Waals surface area contributed by atoms with Crippen molar-refractivity contribution in [2.45, 2.75) is 19.3 Å². The Kier molecular flexibility index (Phi) is 6.47. The van der Waals surface area contributed by atoms with Crippen LogP contribution in [0.3, 0.4) is 0 Å². The van der Waals surface area contributed by atoms with Gasteiger partial charge in [-0.3, -0.25) is 0 Å². The normalized spacial score (nSPS) is 10.6. The highest BCUT2D eigenvalue weighted by atomic mass is 35.5. The smallest absolute Gasteiger partial charge is 0.0264 e. The Morgan fingerprint density at radius 1 is 0.733 bits per heavy atom. The molecule has 0 bridgehead atoms. The zero-order chi connectivity index (χ0) is 11.1. The molecule has 15 heavy (non-hydrogen) atoms. The molecule has 1 aromatic carbocycles. The molecule has 0 N–H and O–H groups in total. The van der Waals surface area contributed by atoms with Crippen molar-refractivity contribution in [2.24, 2.45) is 0 Å². The monoisotopic (exact) mass is 264 g/mol. The minimum atomic E-state index is 0.647. The van der Waals surface area contributed by atoms with E-state index in [4.69, 9.17) is 34.8 Å². The molecular formula is C12H15Cl3. The van der Waals surface area contributed by atoms with Gasteiger partial charge in [0.25, 0.3) is 0 Å². The Morgan fingerprint density at radius 3 is 1.60 bits per heavy atom. The molecule has 0 heterocycles. The van der Waals surface area contributed by atoms with Gasteiger partial charge in [0.2, 0.25) is 0 Å². The maximum Gasteiger partial charge on any atom is 0.0264 e. The lowest BCUT2D eigenvalue weighted by atomic mass is 9.96. The van der Waals surface area contributed by atoms with E-state index in [0.29, 0.717) is 17.6 Å². The molecule has 0 aromatic heterocycles. The SMILES string of the molecule is ClCCc1cccc(CCCl)c1CCCl. The third kappa shape index (κ3) is 3.86. The lowest BCUT2D eigenvalue weighted by Crippen LogP contribution is -2.03. The molecule has 0 aliphatic heterocycles. The predicted molar refractivity (Wildman–Crippen MR) is 69.7 cm³/mol. The zero-order valence-electron chi connectivity index (χ0n) is 8.61. The largest absolute Gasteiger partial charge is 0.126 e. The van der Waals surface area contributed by atoms with Gasteiger partial charge in [0.15, 0.2) is 0 Å².